The van der Waals surface area contributed by atoms with E-state index in [0.29, 0.717) is 18.7 Å². The second-order valence-corrected chi connectivity index (χ2v) is 3.71. The smallest absolute Gasteiger partial charge is 0.247 e. The number of nitrogens with zero attached hydrogens (tertiary/aromatic N) is 1. The van der Waals surface area contributed by atoms with Crippen LogP contribution < -0.4 is 0 Å². The fraction of sp³-hybridized carbons (Fsp3) is 0.133. The summed E-state index contributed by atoms with van der Waals surface area (Å²) in [6.45, 7) is 8.10. The summed E-state index contributed by atoms with van der Waals surface area (Å²) in [6.07, 6.45) is 6.31. The Morgan fingerprint density at radius 2 is 1.94 bits per heavy atom. The van der Waals surface area contributed by atoms with E-state index >= 15 is 0 Å². The van der Waals surface area contributed by atoms with Crippen LogP contribution in [0.15, 0.2) is 55.7 Å². The van der Waals surface area contributed by atoms with Crippen molar-refractivity contribution in [2.45, 2.75) is 0 Å². The van der Waals surface area contributed by atoms with Crippen LogP contribution in [-0.2, 0) is 4.79 Å². The van der Waals surface area contributed by atoms with Crippen molar-refractivity contribution in [3.8, 4) is 0 Å². The standard InChI is InChI=1S/C15H16FNO/c1-3-10-17(11-4-2)15(18)9-8-13-6-5-7-14(16)12-13/h3-9,12H,1-2,10-11H2/b9-8+. The molecule has 0 N–H and O–H groups in total. The molecule has 0 heterocycles. The van der Waals surface area contributed by atoms with Gasteiger partial charge in [-0.15, -0.1) is 13.2 Å². The van der Waals surface area contributed by atoms with Crippen molar-refractivity contribution in [2.75, 3.05) is 13.1 Å². The molecule has 0 radical (unpaired) electrons. The fourth-order valence-electron chi connectivity index (χ4n) is 1.45. The third-order valence-corrected chi connectivity index (χ3v) is 2.28. The Hall–Kier alpha value is -2.16. The molecule has 0 aromatic heterocycles. The van der Waals surface area contributed by atoms with Crippen molar-refractivity contribution in [2.24, 2.45) is 0 Å². The van der Waals surface area contributed by atoms with Gasteiger partial charge in [0.25, 0.3) is 0 Å². The van der Waals surface area contributed by atoms with Crippen molar-refractivity contribution in [3.05, 3.63) is 67.0 Å². The van der Waals surface area contributed by atoms with Gasteiger partial charge in [-0.1, -0.05) is 24.3 Å². The third-order valence-electron chi connectivity index (χ3n) is 2.28. The molecule has 0 atom stereocenters. The molecule has 0 aliphatic carbocycles. The van der Waals surface area contributed by atoms with Crippen LogP contribution in [0.3, 0.4) is 0 Å². The van der Waals surface area contributed by atoms with E-state index in [1.54, 1.807) is 35.3 Å². The van der Waals surface area contributed by atoms with E-state index in [-0.39, 0.29) is 11.7 Å². The van der Waals surface area contributed by atoms with Gasteiger partial charge >= 0.3 is 0 Å². The Labute approximate surface area is 107 Å². The molecular formula is C15H16FNO. The lowest BCUT2D eigenvalue weighted by atomic mass is 10.2. The Morgan fingerprint density at radius 3 is 2.50 bits per heavy atom. The molecule has 0 bridgehead atoms. The topological polar surface area (TPSA) is 20.3 Å². The maximum atomic E-state index is 12.9. The highest BCUT2D eigenvalue weighted by atomic mass is 19.1. The van der Waals surface area contributed by atoms with Crippen LogP contribution in [0.25, 0.3) is 6.08 Å². The van der Waals surface area contributed by atoms with Crippen molar-refractivity contribution >= 4 is 12.0 Å². The molecule has 1 rings (SSSR count). The maximum absolute atomic E-state index is 12.9. The lowest BCUT2D eigenvalue weighted by Crippen LogP contribution is -2.29. The summed E-state index contributed by atoms with van der Waals surface area (Å²) in [5.74, 6) is -0.474. The Balaban J connectivity index is 2.72. The molecule has 1 amide bonds. The zero-order valence-electron chi connectivity index (χ0n) is 10.2. The normalized spacial score (nSPS) is 10.3. The monoisotopic (exact) mass is 245 g/mol. The van der Waals surface area contributed by atoms with E-state index in [1.807, 2.05) is 0 Å². The number of carbonyl (C=O) groups is 1. The number of hydrogen-bond donors (Lipinski definition) is 0. The lowest BCUT2D eigenvalue weighted by molar-refractivity contribution is -0.124. The van der Waals surface area contributed by atoms with Gasteiger partial charge in [0, 0.05) is 19.2 Å². The third kappa shape index (κ3) is 4.37. The van der Waals surface area contributed by atoms with Crippen LogP contribution in [0.4, 0.5) is 4.39 Å². The zero-order chi connectivity index (χ0) is 13.4. The van der Waals surface area contributed by atoms with Gasteiger partial charge in [-0.3, -0.25) is 4.79 Å². The predicted octanol–water partition coefficient (Wildman–Crippen LogP) is 3.04. The van der Waals surface area contributed by atoms with Gasteiger partial charge in [-0.05, 0) is 23.8 Å². The highest BCUT2D eigenvalue weighted by Crippen LogP contribution is 2.06. The Bertz CT molecular complexity index is 455. The molecule has 94 valence electrons. The molecular weight excluding hydrogens is 229 g/mol. The minimum Gasteiger partial charge on any atom is -0.332 e. The highest BCUT2D eigenvalue weighted by molar-refractivity contribution is 5.91. The number of halogens is 1. The van der Waals surface area contributed by atoms with E-state index < -0.39 is 0 Å². The van der Waals surface area contributed by atoms with Crippen LogP contribution in [0, 0.1) is 5.82 Å². The summed E-state index contributed by atoms with van der Waals surface area (Å²) in [6, 6.07) is 6.07. The maximum Gasteiger partial charge on any atom is 0.247 e. The first kappa shape index (κ1) is 13.9. The number of amides is 1. The van der Waals surface area contributed by atoms with E-state index in [0.717, 1.165) is 0 Å². The largest absolute Gasteiger partial charge is 0.332 e. The van der Waals surface area contributed by atoms with Gasteiger partial charge in [0.1, 0.15) is 5.82 Å². The summed E-state index contributed by atoms with van der Waals surface area (Å²) in [5.41, 5.74) is 0.653. The van der Waals surface area contributed by atoms with E-state index in [1.165, 1.54) is 18.2 Å². The van der Waals surface area contributed by atoms with Crippen LogP contribution in [0.1, 0.15) is 5.56 Å². The molecule has 0 fully saturated rings. The number of benzene rings is 1. The first-order valence-corrected chi connectivity index (χ1v) is 5.61. The highest BCUT2D eigenvalue weighted by Gasteiger charge is 2.06. The minimum atomic E-state index is -0.321. The number of carbonyl (C=O) groups excluding carboxylic acids is 1. The average molecular weight is 245 g/mol. The summed E-state index contributed by atoms with van der Waals surface area (Å²) in [4.78, 5) is 13.4. The zero-order valence-corrected chi connectivity index (χ0v) is 10.2. The molecule has 0 aliphatic rings. The van der Waals surface area contributed by atoms with Crippen molar-refractivity contribution < 1.29 is 9.18 Å². The van der Waals surface area contributed by atoms with Crippen LogP contribution in [0.2, 0.25) is 0 Å². The summed E-state index contributed by atoms with van der Waals surface area (Å²) in [7, 11) is 0. The minimum absolute atomic E-state index is 0.154. The van der Waals surface area contributed by atoms with Gasteiger partial charge in [-0.25, -0.2) is 4.39 Å². The molecule has 1 aromatic rings. The molecule has 0 unspecified atom stereocenters. The molecule has 3 heteroatoms. The SMILES string of the molecule is C=CCN(CC=C)C(=O)/C=C/c1cccc(F)c1. The first-order valence-electron chi connectivity index (χ1n) is 5.61. The van der Waals surface area contributed by atoms with Crippen molar-refractivity contribution in [1.29, 1.82) is 0 Å². The summed E-state index contributed by atoms with van der Waals surface area (Å²) in [5, 5.41) is 0. The van der Waals surface area contributed by atoms with Gasteiger partial charge in [0.05, 0.1) is 0 Å². The fourth-order valence-corrected chi connectivity index (χ4v) is 1.45. The van der Waals surface area contributed by atoms with Gasteiger partial charge in [0.15, 0.2) is 0 Å². The number of hydrogen-bond acceptors (Lipinski definition) is 1. The van der Waals surface area contributed by atoms with E-state index in [2.05, 4.69) is 13.2 Å². The summed E-state index contributed by atoms with van der Waals surface area (Å²) >= 11 is 0. The molecule has 2 nitrogen and oxygen atoms in total. The second-order valence-electron chi connectivity index (χ2n) is 3.71. The summed E-state index contributed by atoms with van der Waals surface area (Å²) < 4.78 is 12.9. The molecule has 0 aliphatic heterocycles. The molecule has 0 spiro atoms. The van der Waals surface area contributed by atoms with Crippen LogP contribution >= 0.6 is 0 Å². The van der Waals surface area contributed by atoms with Gasteiger partial charge in [-0.2, -0.15) is 0 Å². The average Bonchev–Trinajstić information content (AvgIpc) is 2.36. The quantitative estimate of drug-likeness (QED) is 0.557. The van der Waals surface area contributed by atoms with E-state index in [9.17, 15) is 9.18 Å². The Kier molecular flexibility index (Phi) is 5.58. The second kappa shape index (κ2) is 7.22. The van der Waals surface area contributed by atoms with Crippen molar-refractivity contribution in [1.82, 2.24) is 4.90 Å². The molecule has 18 heavy (non-hydrogen) atoms. The lowest BCUT2D eigenvalue weighted by Gasteiger charge is -2.16. The van der Waals surface area contributed by atoms with E-state index in [4.69, 9.17) is 0 Å². The van der Waals surface area contributed by atoms with Gasteiger partial charge < -0.3 is 4.90 Å². The predicted molar refractivity (Wildman–Crippen MR) is 72.4 cm³/mol. The first-order chi connectivity index (χ1) is 8.67. The Morgan fingerprint density at radius 1 is 1.28 bits per heavy atom. The van der Waals surface area contributed by atoms with Crippen LogP contribution in [-0.4, -0.2) is 23.9 Å². The van der Waals surface area contributed by atoms with Gasteiger partial charge in [0.2, 0.25) is 5.91 Å². The van der Waals surface area contributed by atoms with Crippen molar-refractivity contribution in [3.63, 3.8) is 0 Å². The molecule has 0 saturated carbocycles. The number of rotatable bonds is 6. The van der Waals surface area contributed by atoms with Crippen LogP contribution in [0.5, 0.6) is 0 Å². The molecule has 1 aromatic carbocycles. The molecule has 0 saturated heterocycles.